The van der Waals surface area contributed by atoms with Crippen molar-refractivity contribution in [3.8, 4) is 0 Å². The fourth-order valence-electron chi connectivity index (χ4n) is 4.68. The van der Waals surface area contributed by atoms with Gasteiger partial charge in [0.15, 0.2) is 5.17 Å². The van der Waals surface area contributed by atoms with Crippen molar-refractivity contribution >= 4 is 57.5 Å². The summed E-state index contributed by atoms with van der Waals surface area (Å²) in [5.41, 5.74) is 3.16. The smallest absolute Gasteiger partial charge is 0.338 e. The lowest BCUT2D eigenvalue weighted by Crippen LogP contribution is -2.42. The first kappa shape index (κ1) is 27.4. The average molecular weight is 577 g/mol. The van der Waals surface area contributed by atoms with Gasteiger partial charge < -0.3 is 15.0 Å². The quantitative estimate of drug-likeness (QED) is 0.199. The molecule has 204 valence electrons. The van der Waals surface area contributed by atoms with E-state index < -0.39 is 22.8 Å². The zero-order chi connectivity index (χ0) is 28.2. The zero-order valence-corrected chi connectivity index (χ0v) is 23.1. The van der Waals surface area contributed by atoms with Crippen LogP contribution in [0.25, 0.3) is 5.70 Å². The molecule has 0 saturated carbocycles. The van der Waals surface area contributed by atoms with E-state index in [1.165, 1.54) is 12.1 Å². The summed E-state index contributed by atoms with van der Waals surface area (Å²) in [6.45, 7) is 2.75. The molecule has 0 aromatic heterocycles. The van der Waals surface area contributed by atoms with Gasteiger partial charge >= 0.3 is 5.97 Å². The number of nitrogens with zero attached hydrogens (tertiary/aromatic N) is 3. The Morgan fingerprint density at radius 3 is 2.58 bits per heavy atom. The molecule has 5 rings (SSSR count). The number of nitro groups is 1. The van der Waals surface area contributed by atoms with E-state index in [1.807, 2.05) is 42.5 Å². The maximum absolute atomic E-state index is 13.4. The predicted molar refractivity (Wildman–Crippen MR) is 156 cm³/mol. The molecule has 1 fully saturated rings. The second kappa shape index (κ2) is 11.9. The van der Waals surface area contributed by atoms with Gasteiger partial charge in [-0.05, 0) is 37.1 Å². The van der Waals surface area contributed by atoms with Gasteiger partial charge in [-0.1, -0.05) is 65.8 Å². The number of nitrogens with one attached hydrogen (secondary N) is 1. The first-order valence-electron chi connectivity index (χ1n) is 12.7. The third-order valence-corrected chi connectivity index (χ3v) is 7.89. The first-order valence-corrected chi connectivity index (χ1v) is 14.0. The van der Waals surface area contributed by atoms with E-state index in [9.17, 15) is 19.7 Å². The van der Waals surface area contributed by atoms with Crippen molar-refractivity contribution < 1.29 is 19.2 Å². The minimum absolute atomic E-state index is 0.0161. The van der Waals surface area contributed by atoms with Crippen LogP contribution in [0.2, 0.25) is 5.02 Å². The van der Waals surface area contributed by atoms with E-state index in [-0.39, 0.29) is 22.9 Å². The van der Waals surface area contributed by atoms with E-state index in [1.54, 1.807) is 30.8 Å². The number of benzene rings is 3. The number of nitro benzene ring substituents is 1. The van der Waals surface area contributed by atoms with Gasteiger partial charge in [0.05, 0.1) is 39.4 Å². The Morgan fingerprint density at radius 1 is 1.15 bits per heavy atom. The number of amidine groups is 1. The molecule has 40 heavy (non-hydrogen) atoms. The summed E-state index contributed by atoms with van der Waals surface area (Å²) in [6, 6.07) is 20.1. The van der Waals surface area contributed by atoms with Gasteiger partial charge in [-0.2, -0.15) is 0 Å². The molecule has 0 aliphatic carbocycles. The average Bonchev–Trinajstić information content (AvgIpc) is 2.97. The van der Waals surface area contributed by atoms with E-state index in [0.717, 1.165) is 41.1 Å². The van der Waals surface area contributed by atoms with Gasteiger partial charge in [0.1, 0.15) is 0 Å². The van der Waals surface area contributed by atoms with Gasteiger partial charge in [-0.3, -0.25) is 14.9 Å². The number of hydrogen-bond acceptors (Lipinski definition) is 8. The standard InChI is InChI=1S/C29H25ClN4O5S/c1-2-39-28(36)24-25(18-7-4-3-5-8-18)32-29-33(15-6-16-40-29)26(24)19-9-11-20(12-10-19)31-27(35)22-14-13-21(34(37)38)17-23(22)30/h3-5,7-14,17,26H,2,6,15-16H2,1H3,(H,31,35)/t26-/m1/s1. The van der Waals surface area contributed by atoms with Crippen LogP contribution in [-0.4, -0.2) is 45.8 Å². The number of carbonyl (C=O) groups is 2. The summed E-state index contributed by atoms with van der Waals surface area (Å²) >= 11 is 7.79. The van der Waals surface area contributed by atoms with Crippen LogP contribution in [0.3, 0.4) is 0 Å². The Balaban J connectivity index is 1.49. The third-order valence-electron chi connectivity index (χ3n) is 6.50. The maximum Gasteiger partial charge on any atom is 0.338 e. The van der Waals surface area contributed by atoms with Crippen molar-refractivity contribution in [1.82, 2.24) is 4.90 Å². The number of halogens is 1. The molecule has 11 heteroatoms. The summed E-state index contributed by atoms with van der Waals surface area (Å²) < 4.78 is 5.51. The van der Waals surface area contributed by atoms with Crippen LogP contribution < -0.4 is 5.32 Å². The van der Waals surface area contributed by atoms with Gasteiger partial charge in [0, 0.05) is 35.7 Å². The van der Waals surface area contributed by atoms with Crippen molar-refractivity contribution in [2.75, 3.05) is 24.2 Å². The molecule has 0 radical (unpaired) electrons. The zero-order valence-electron chi connectivity index (χ0n) is 21.5. The molecule has 0 spiro atoms. The maximum atomic E-state index is 13.4. The second-order valence-electron chi connectivity index (χ2n) is 9.04. The van der Waals surface area contributed by atoms with Crippen molar-refractivity contribution in [3.63, 3.8) is 0 Å². The van der Waals surface area contributed by atoms with Crippen LogP contribution in [-0.2, 0) is 9.53 Å². The van der Waals surface area contributed by atoms with Crippen molar-refractivity contribution in [1.29, 1.82) is 0 Å². The number of anilines is 1. The third kappa shape index (κ3) is 5.59. The minimum Gasteiger partial charge on any atom is -0.463 e. The lowest BCUT2D eigenvalue weighted by molar-refractivity contribution is -0.384. The summed E-state index contributed by atoms with van der Waals surface area (Å²) in [5, 5.41) is 14.6. The van der Waals surface area contributed by atoms with Crippen molar-refractivity contribution in [3.05, 3.63) is 110 Å². The van der Waals surface area contributed by atoms with Gasteiger partial charge in [0.25, 0.3) is 11.6 Å². The summed E-state index contributed by atoms with van der Waals surface area (Å²) in [7, 11) is 0. The number of rotatable bonds is 7. The van der Waals surface area contributed by atoms with Gasteiger partial charge in [-0.15, -0.1) is 0 Å². The molecule has 1 N–H and O–H groups in total. The SMILES string of the molecule is CCOC(=O)C1=C(c2ccccc2)N=C2SCCCN2[C@@H]1c1ccc(NC(=O)c2ccc([N+](=O)[O-])cc2Cl)cc1. The van der Waals surface area contributed by atoms with Crippen molar-refractivity contribution in [2.45, 2.75) is 19.4 Å². The number of non-ortho nitro benzene ring substituents is 1. The van der Waals surface area contributed by atoms with E-state index in [2.05, 4.69) is 10.2 Å². The summed E-state index contributed by atoms with van der Waals surface area (Å²) in [4.78, 5) is 43.7. The van der Waals surface area contributed by atoms with Crippen LogP contribution in [0, 0.1) is 10.1 Å². The number of ether oxygens (including phenoxy) is 1. The highest BCUT2D eigenvalue weighted by molar-refractivity contribution is 8.13. The van der Waals surface area contributed by atoms with Gasteiger partial charge in [0.2, 0.25) is 0 Å². The Morgan fingerprint density at radius 2 is 1.90 bits per heavy atom. The largest absolute Gasteiger partial charge is 0.463 e. The number of esters is 1. The molecule has 0 unspecified atom stereocenters. The van der Waals surface area contributed by atoms with Gasteiger partial charge in [-0.25, -0.2) is 9.79 Å². The molecule has 2 aliphatic rings. The Bertz CT molecular complexity index is 1530. The van der Waals surface area contributed by atoms with Crippen LogP contribution in [0.15, 0.2) is 83.4 Å². The lowest BCUT2D eigenvalue weighted by Gasteiger charge is -2.41. The van der Waals surface area contributed by atoms with Crippen LogP contribution in [0.5, 0.6) is 0 Å². The Hall–Kier alpha value is -4.15. The normalized spacial score (nSPS) is 16.6. The molecule has 1 saturated heterocycles. The Kier molecular flexibility index (Phi) is 8.18. The molecule has 9 nitrogen and oxygen atoms in total. The molecule has 2 heterocycles. The van der Waals surface area contributed by atoms with Crippen molar-refractivity contribution in [2.24, 2.45) is 4.99 Å². The molecule has 1 atom stereocenters. The van der Waals surface area contributed by atoms with Crippen LogP contribution in [0.1, 0.15) is 40.9 Å². The molecule has 1 amide bonds. The summed E-state index contributed by atoms with van der Waals surface area (Å²) in [5.74, 6) is 0.0234. The fraction of sp³-hybridized carbons (Fsp3) is 0.207. The van der Waals surface area contributed by atoms with E-state index in [0.29, 0.717) is 17.0 Å². The highest BCUT2D eigenvalue weighted by atomic mass is 35.5. The number of fused-ring (bicyclic) bond motifs is 1. The molecular weight excluding hydrogens is 552 g/mol. The molecule has 3 aromatic rings. The number of thioether (sulfide) groups is 1. The lowest BCUT2D eigenvalue weighted by atomic mass is 9.91. The summed E-state index contributed by atoms with van der Waals surface area (Å²) in [6.07, 6.45) is 0.946. The predicted octanol–water partition coefficient (Wildman–Crippen LogP) is 6.32. The first-order chi connectivity index (χ1) is 19.4. The number of amides is 1. The monoisotopic (exact) mass is 576 g/mol. The highest BCUT2D eigenvalue weighted by Crippen LogP contribution is 2.43. The fourth-order valence-corrected chi connectivity index (χ4v) is 5.92. The highest BCUT2D eigenvalue weighted by Gasteiger charge is 2.39. The topological polar surface area (TPSA) is 114 Å². The minimum atomic E-state index is -0.573. The molecule has 3 aromatic carbocycles. The second-order valence-corrected chi connectivity index (χ2v) is 10.5. The Labute approximate surface area is 240 Å². The van der Waals surface area contributed by atoms with Crippen LogP contribution >= 0.6 is 23.4 Å². The number of aliphatic imine (C=N–C) groups is 1. The number of hydrogen-bond donors (Lipinski definition) is 1. The number of carbonyl (C=O) groups excluding carboxylic acids is 2. The molecule has 0 bridgehead atoms. The van der Waals surface area contributed by atoms with E-state index >= 15 is 0 Å². The van der Waals surface area contributed by atoms with Crippen LogP contribution in [0.4, 0.5) is 11.4 Å². The molecular formula is C29H25ClN4O5S. The molecule has 2 aliphatic heterocycles. The van der Waals surface area contributed by atoms with E-state index in [4.69, 9.17) is 21.3 Å².